The third-order valence-electron chi connectivity index (χ3n) is 3.96. The van der Waals surface area contributed by atoms with Gasteiger partial charge in [-0.15, -0.1) is 0 Å². The molecule has 3 heteroatoms. The summed E-state index contributed by atoms with van der Waals surface area (Å²) >= 11 is 3.56. The van der Waals surface area contributed by atoms with Crippen molar-refractivity contribution in [1.29, 1.82) is 0 Å². The first-order chi connectivity index (χ1) is 10.2. The van der Waals surface area contributed by atoms with Gasteiger partial charge >= 0.3 is 0 Å². The number of hydrogen-bond donors (Lipinski definition) is 1. The predicted octanol–water partition coefficient (Wildman–Crippen LogP) is 4.97. The van der Waals surface area contributed by atoms with Crippen LogP contribution in [0.15, 0.2) is 46.9 Å². The first-order valence-corrected chi connectivity index (χ1v) is 8.35. The van der Waals surface area contributed by atoms with Crippen LogP contribution >= 0.6 is 15.9 Å². The molecule has 1 aliphatic rings. The quantitative estimate of drug-likeness (QED) is 0.842. The second kappa shape index (κ2) is 6.52. The van der Waals surface area contributed by atoms with E-state index in [2.05, 4.69) is 75.5 Å². The minimum Gasteiger partial charge on any atom is -0.381 e. The molecule has 2 nitrogen and oxygen atoms in total. The Kier molecular flexibility index (Phi) is 4.49. The van der Waals surface area contributed by atoms with Crippen molar-refractivity contribution >= 4 is 27.3 Å². The maximum atomic E-state index is 3.56. The summed E-state index contributed by atoms with van der Waals surface area (Å²) < 4.78 is 1.12. The lowest BCUT2D eigenvalue weighted by Crippen LogP contribution is -2.19. The molecule has 1 N–H and O–H groups in total. The van der Waals surface area contributed by atoms with E-state index in [1.807, 2.05) is 0 Å². The van der Waals surface area contributed by atoms with Gasteiger partial charge in [-0.2, -0.15) is 0 Å². The van der Waals surface area contributed by atoms with Gasteiger partial charge in [-0.05, 0) is 55.2 Å². The molecular weight excluding hydrogens is 324 g/mol. The Hall–Kier alpha value is -1.48. The highest BCUT2D eigenvalue weighted by atomic mass is 79.9. The van der Waals surface area contributed by atoms with Crippen molar-refractivity contribution < 1.29 is 0 Å². The van der Waals surface area contributed by atoms with Crippen molar-refractivity contribution in [2.24, 2.45) is 0 Å². The monoisotopic (exact) mass is 344 g/mol. The highest BCUT2D eigenvalue weighted by molar-refractivity contribution is 9.10. The molecule has 110 valence electrons. The van der Waals surface area contributed by atoms with Crippen molar-refractivity contribution in [2.45, 2.75) is 26.3 Å². The van der Waals surface area contributed by atoms with Gasteiger partial charge in [-0.25, -0.2) is 0 Å². The molecule has 0 aliphatic carbocycles. The van der Waals surface area contributed by atoms with Gasteiger partial charge in [0.15, 0.2) is 0 Å². The first kappa shape index (κ1) is 14.5. The van der Waals surface area contributed by atoms with Crippen molar-refractivity contribution in [3.8, 4) is 0 Å². The van der Waals surface area contributed by atoms with Crippen LogP contribution in [0.5, 0.6) is 0 Å². The number of nitrogens with one attached hydrogen (secondary N) is 1. The second-order valence-corrected chi connectivity index (χ2v) is 6.61. The van der Waals surface area contributed by atoms with Crippen LogP contribution in [0.3, 0.4) is 0 Å². The predicted molar refractivity (Wildman–Crippen MR) is 94.1 cm³/mol. The Morgan fingerprint density at radius 2 is 1.86 bits per heavy atom. The SMILES string of the molecule is Cc1cc(Br)cc(NCc2ccccc2N2CCCC2)c1. The molecule has 0 aromatic heterocycles. The summed E-state index contributed by atoms with van der Waals surface area (Å²) in [7, 11) is 0. The summed E-state index contributed by atoms with van der Waals surface area (Å²) in [6.45, 7) is 5.36. The Balaban J connectivity index is 1.75. The standard InChI is InChI=1S/C18H21BrN2/c1-14-10-16(19)12-17(11-14)20-13-15-6-2-3-7-18(15)21-8-4-5-9-21/h2-3,6-7,10-12,20H,4-5,8-9,13H2,1H3. The number of halogens is 1. The molecule has 2 aromatic carbocycles. The van der Waals surface area contributed by atoms with Crippen LogP contribution in [0.1, 0.15) is 24.0 Å². The number of rotatable bonds is 4. The topological polar surface area (TPSA) is 15.3 Å². The summed E-state index contributed by atoms with van der Waals surface area (Å²) in [6.07, 6.45) is 2.62. The van der Waals surface area contributed by atoms with E-state index in [4.69, 9.17) is 0 Å². The molecule has 1 heterocycles. The minimum absolute atomic E-state index is 0.864. The van der Waals surface area contributed by atoms with Crippen molar-refractivity contribution in [2.75, 3.05) is 23.3 Å². The molecule has 0 atom stereocenters. The Labute approximate surface area is 135 Å². The van der Waals surface area contributed by atoms with Gasteiger partial charge in [0.25, 0.3) is 0 Å². The molecule has 1 aliphatic heterocycles. The van der Waals surface area contributed by atoms with Gasteiger partial charge in [-0.3, -0.25) is 0 Å². The zero-order chi connectivity index (χ0) is 14.7. The van der Waals surface area contributed by atoms with E-state index in [-0.39, 0.29) is 0 Å². The van der Waals surface area contributed by atoms with E-state index in [9.17, 15) is 0 Å². The maximum Gasteiger partial charge on any atom is 0.0421 e. The average Bonchev–Trinajstić information content (AvgIpc) is 2.98. The summed E-state index contributed by atoms with van der Waals surface area (Å²) in [6, 6.07) is 15.2. The van der Waals surface area contributed by atoms with Crippen LogP contribution in [0.25, 0.3) is 0 Å². The van der Waals surface area contributed by atoms with Crippen LogP contribution in [-0.4, -0.2) is 13.1 Å². The third kappa shape index (κ3) is 3.59. The van der Waals surface area contributed by atoms with E-state index >= 15 is 0 Å². The van der Waals surface area contributed by atoms with E-state index in [1.165, 1.54) is 42.7 Å². The van der Waals surface area contributed by atoms with Crippen LogP contribution in [0, 0.1) is 6.92 Å². The molecule has 1 saturated heterocycles. The lowest BCUT2D eigenvalue weighted by molar-refractivity contribution is 0.949. The van der Waals surface area contributed by atoms with Gasteiger partial charge in [-0.1, -0.05) is 34.1 Å². The lowest BCUT2D eigenvalue weighted by atomic mass is 10.1. The molecular formula is C18H21BrN2. The number of para-hydroxylation sites is 1. The molecule has 2 aromatic rings. The molecule has 0 saturated carbocycles. The van der Waals surface area contributed by atoms with E-state index in [0.29, 0.717) is 0 Å². The van der Waals surface area contributed by atoms with E-state index in [1.54, 1.807) is 0 Å². The fourth-order valence-corrected chi connectivity index (χ4v) is 3.57. The van der Waals surface area contributed by atoms with Gasteiger partial charge in [0.1, 0.15) is 0 Å². The van der Waals surface area contributed by atoms with Crippen molar-refractivity contribution in [3.63, 3.8) is 0 Å². The zero-order valence-electron chi connectivity index (χ0n) is 12.4. The van der Waals surface area contributed by atoms with E-state index < -0.39 is 0 Å². The van der Waals surface area contributed by atoms with Crippen LogP contribution in [0.4, 0.5) is 11.4 Å². The summed E-state index contributed by atoms with van der Waals surface area (Å²) in [5.74, 6) is 0. The molecule has 0 bridgehead atoms. The normalized spacial score (nSPS) is 14.5. The Morgan fingerprint density at radius 1 is 1.10 bits per heavy atom. The van der Waals surface area contributed by atoms with Crippen LogP contribution in [-0.2, 0) is 6.54 Å². The summed E-state index contributed by atoms with van der Waals surface area (Å²) in [5, 5.41) is 3.55. The van der Waals surface area contributed by atoms with Crippen molar-refractivity contribution in [3.05, 3.63) is 58.1 Å². The molecule has 3 rings (SSSR count). The maximum absolute atomic E-state index is 3.56. The van der Waals surface area contributed by atoms with Gasteiger partial charge in [0.2, 0.25) is 0 Å². The van der Waals surface area contributed by atoms with Gasteiger partial charge < -0.3 is 10.2 Å². The molecule has 1 fully saturated rings. The highest BCUT2D eigenvalue weighted by Gasteiger charge is 2.14. The van der Waals surface area contributed by atoms with Crippen LogP contribution < -0.4 is 10.2 Å². The number of benzene rings is 2. The zero-order valence-corrected chi connectivity index (χ0v) is 14.0. The summed E-state index contributed by atoms with van der Waals surface area (Å²) in [4.78, 5) is 2.50. The number of hydrogen-bond acceptors (Lipinski definition) is 2. The molecule has 0 spiro atoms. The molecule has 0 amide bonds. The Bertz CT molecular complexity index is 598. The minimum atomic E-state index is 0.864. The first-order valence-electron chi connectivity index (χ1n) is 7.56. The largest absolute Gasteiger partial charge is 0.381 e. The number of nitrogens with zero attached hydrogens (tertiary/aromatic N) is 1. The van der Waals surface area contributed by atoms with Gasteiger partial charge in [0.05, 0.1) is 0 Å². The molecule has 0 radical (unpaired) electrons. The lowest BCUT2D eigenvalue weighted by Gasteiger charge is -2.21. The number of aryl methyl sites for hydroxylation is 1. The van der Waals surface area contributed by atoms with Crippen LogP contribution in [0.2, 0.25) is 0 Å². The highest BCUT2D eigenvalue weighted by Crippen LogP contribution is 2.26. The average molecular weight is 345 g/mol. The fraction of sp³-hybridized carbons (Fsp3) is 0.333. The van der Waals surface area contributed by atoms with E-state index in [0.717, 1.165) is 16.7 Å². The number of anilines is 2. The Morgan fingerprint density at radius 3 is 2.62 bits per heavy atom. The third-order valence-corrected chi connectivity index (χ3v) is 4.42. The summed E-state index contributed by atoms with van der Waals surface area (Å²) in [5.41, 5.74) is 5.18. The second-order valence-electron chi connectivity index (χ2n) is 5.69. The van der Waals surface area contributed by atoms with Crippen molar-refractivity contribution in [1.82, 2.24) is 0 Å². The molecule has 21 heavy (non-hydrogen) atoms. The van der Waals surface area contributed by atoms with Gasteiger partial charge in [0, 0.05) is 35.5 Å². The smallest absolute Gasteiger partial charge is 0.0421 e. The molecule has 0 unspecified atom stereocenters. The fourth-order valence-electron chi connectivity index (χ4n) is 2.96.